The summed E-state index contributed by atoms with van der Waals surface area (Å²) in [7, 11) is 0. The molecule has 104 valence electrons. The number of rotatable bonds is 3. The summed E-state index contributed by atoms with van der Waals surface area (Å²) in [5.74, 6) is -1.05. The normalized spacial score (nSPS) is 10.9. The number of carboxylic acid groups (broad SMARTS) is 1. The van der Waals surface area contributed by atoms with Gasteiger partial charge in [0, 0.05) is 11.0 Å². The highest BCUT2D eigenvalue weighted by atomic mass is 79.9. The van der Waals surface area contributed by atoms with Crippen LogP contribution in [0.1, 0.15) is 36.7 Å². The lowest BCUT2D eigenvalue weighted by Gasteiger charge is -2.20. The van der Waals surface area contributed by atoms with Gasteiger partial charge in [-0.1, -0.05) is 12.1 Å². The Bertz CT molecular complexity index is 494. The van der Waals surface area contributed by atoms with Crippen LogP contribution in [0.4, 0.5) is 4.79 Å². The van der Waals surface area contributed by atoms with E-state index in [9.17, 15) is 9.59 Å². The third-order valence-corrected chi connectivity index (χ3v) is 2.80. The lowest BCUT2D eigenvalue weighted by molar-refractivity contribution is 0.0521. The van der Waals surface area contributed by atoms with E-state index in [4.69, 9.17) is 9.84 Å². The van der Waals surface area contributed by atoms with Crippen molar-refractivity contribution < 1.29 is 19.4 Å². The van der Waals surface area contributed by atoms with Gasteiger partial charge in [0.25, 0.3) is 0 Å². The monoisotopic (exact) mass is 329 g/mol. The van der Waals surface area contributed by atoms with E-state index in [2.05, 4.69) is 21.2 Å². The predicted octanol–water partition coefficient (Wildman–Crippen LogP) is 3.17. The molecule has 0 saturated heterocycles. The summed E-state index contributed by atoms with van der Waals surface area (Å²) in [6.07, 6.45) is -0.580. The van der Waals surface area contributed by atoms with Crippen molar-refractivity contribution in [3.8, 4) is 0 Å². The number of carbonyl (C=O) groups excluding carboxylic acids is 1. The van der Waals surface area contributed by atoms with E-state index >= 15 is 0 Å². The quantitative estimate of drug-likeness (QED) is 0.893. The zero-order chi connectivity index (χ0) is 14.6. The second-order valence-corrected chi connectivity index (χ2v) is 5.79. The number of halogens is 1. The van der Waals surface area contributed by atoms with Gasteiger partial charge in [0.15, 0.2) is 0 Å². The summed E-state index contributed by atoms with van der Waals surface area (Å²) in [5.41, 5.74) is 0.0584. The third kappa shape index (κ3) is 4.90. The first-order chi connectivity index (χ1) is 8.70. The van der Waals surface area contributed by atoms with E-state index in [0.29, 0.717) is 10.0 Å². The maximum Gasteiger partial charge on any atom is 0.407 e. The summed E-state index contributed by atoms with van der Waals surface area (Å²) in [6, 6.07) is 4.99. The van der Waals surface area contributed by atoms with Crippen LogP contribution in [0.3, 0.4) is 0 Å². The summed E-state index contributed by atoms with van der Waals surface area (Å²) in [6.45, 7) is 5.37. The Hall–Kier alpha value is -1.56. The first-order valence-corrected chi connectivity index (χ1v) is 6.47. The Morgan fingerprint density at radius 2 is 2.00 bits per heavy atom. The van der Waals surface area contributed by atoms with Crippen molar-refractivity contribution in [2.24, 2.45) is 0 Å². The number of alkyl carbamates (subject to hydrolysis) is 1. The molecule has 0 saturated carbocycles. The number of hydrogen-bond acceptors (Lipinski definition) is 3. The Labute approximate surface area is 120 Å². The van der Waals surface area contributed by atoms with Crippen LogP contribution in [0.2, 0.25) is 0 Å². The molecule has 5 nitrogen and oxygen atoms in total. The predicted molar refractivity (Wildman–Crippen MR) is 74.2 cm³/mol. The molecule has 0 radical (unpaired) electrons. The number of nitrogens with one attached hydrogen (secondary N) is 1. The lowest BCUT2D eigenvalue weighted by atomic mass is 10.1. The van der Waals surface area contributed by atoms with Crippen molar-refractivity contribution in [3.05, 3.63) is 33.8 Å². The van der Waals surface area contributed by atoms with E-state index in [1.807, 2.05) is 0 Å². The highest BCUT2D eigenvalue weighted by molar-refractivity contribution is 9.10. The van der Waals surface area contributed by atoms with E-state index < -0.39 is 17.7 Å². The fourth-order valence-corrected chi connectivity index (χ4v) is 2.01. The average Bonchev–Trinajstić information content (AvgIpc) is 2.23. The molecular weight excluding hydrogens is 314 g/mol. The molecule has 1 rings (SSSR count). The molecule has 0 spiro atoms. The molecule has 0 heterocycles. The van der Waals surface area contributed by atoms with Gasteiger partial charge >= 0.3 is 12.1 Å². The molecule has 0 aliphatic heterocycles. The molecule has 1 amide bonds. The highest BCUT2D eigenvalue weighted by Crippen LogP contribution is 2.20. The molecule has 6 heteroatoms. The molecule has 0 aliphatic carbocycles. The van der Waals surface area contributed by atoms with Gasteiger partial charge in [-0.3, -0.25) is 0 Å². The van der Waals surface area contributed by atoms with E-state index in [1.165, 1.54) is 0 Å². The maximum absolute atomic E-state index is 11.5. The molecule has 1 aromatic rings. The first-order valence-electron chi connectivity index (χ1n) is 5.68. The molecular formula is C13H16BrNO4. The van der Waals surface area contributed by atoms with Gasteiger partial charge < -0.3 is 15.2 Å². The molecule has 0 bridgehead atoms. The standard InChI is InChI=1S/C13H16BrNO4/c1-13(2,3)19-12(18)15-7-8-5-4-6-9(14)10(8)11(16)17/h4-6H,7H2,1-3H3,(H,15,18)(H,16,17). The molecule has 0 aliphatic rings. The number of amides is 1. The fourth-order valence-electron chi connectivity index (χ4n) is 1.44. The van der Waals surface area contributed by atoms with E-state index in [0.717, 1.165) is 0 Å². The first kappa shape index (κ1) is 15.5. The second kappa shape index (κ2) is 6.06. The number of carboxylic acids is 1. The van der Waals surface area contributed by atoms with Gasteiger partial charge in [-0.15, -0.1) is 0 Å². The van der Waals surface area contributed by atoms with Crippen molar-refractivity contribution >= 4 is 28.0 Å². The molecule has 0 fully saturated rings. The van der Waals surface area contributed by atoms with Crippen molar-refractivity contribution in [2.45, 2.75) is 32.9 Å². The van der Waals surface area contributed by atoms with Gasteiger partial charge in [-0.25, -0.2) is 9.59 Å². The molecule has 0 unspecified atom stereocenters. The molecule has 0 aromatic heterocycles. The van der Waals surface area contributed by atoms with Gasteiger partial charge in [0.1, 0.15) is 5.60 Å². The van der Waals surface area contributed by atoms with Crippen LogP contribution in [0, 0.1) is 0 Å². The minimum Gasteiger partial charge on any atom is -0.478 e. The van der Waals surface area contributed by atoms with E-state index in [1.54, 1.807) is 39.0 Å². The minimum absolute atomic E-state index is 0.0932. The van der Waals surface area contributed by atoms with Crippen molar-refractivity contribution in [2.75, 3.05) is 0 Å². The topological polar surface area (TPSA) is 75.6 Å². The molecule has 2 N–H and O–H groups in total. The van der Waals surface area contributed by atoms with Crippen molar-refractivity contribution in [3.63, 3.8) is 0 Å². The highest BCUT2D eigenvalue weighted by Gasteiger charge is 2.18. The third-order valence-electron chi connectivity index (χ3n) is 2.14. The SMILES string of the molecule is CC(C)(C)OC(=O)NCc1cccc(Br)c1C(=O)O. The number of ether oxygens (including phenoxy) is 1. The Morgan fingerprint density at radius 3 is 2.53 bits per heavy atom. The lowest BCUT2D eigenvalue weighted by Crippen LogP contribution is -2.32. The van der Waals surface area contributed by atoms with Gasteiger partial charge in [0.05, 0.1) is 5.56 Å². The van der Waals surface area contributed by atoms with Crippen LogP contribution < -0.4 is 5.32 Å². The summed E-state index contributed by atoms with van der Waals surface area (Å²) < 4.78 is 5.56. The zero-order valence-corrected chi connectivity index (χ0v) is 12.6. The van der Waals surface area contributed by atoms with Crippen LogP contribution in [0.5, 0.6) is 0 Å². The molecule has 19 heavy (non-hydrogen) atoms. The van der Waals surface area contributed by atoms with Gasteiger partial charge in [-0.2, -0.15) is 0 Å². The number of benzene rings is 1. The molecule has 0 atom stereocenters. The van der Waals surface area contributed by atoms with Gasteiger partial charge in [-0.05, 0) is 48.3 Å². The average molecular weight is 330 g/mol. The number of carbonyl (C=O) groups is 2. The zero-order valence-electron chi connectivity index (χ0n) is 11.0. The van der Waals surface area contributed by atoms with Crippen LogP contribution in [0.25, 0.3) is 0 Å². The summed E-state index contributed by atoms with van der Waals surface area (Å²) in [4.78, 5) is 22.6. The van der Waals surface area contributed by atoms with Gasteiger partial charge in [0.2, 0.25) is 0 Å². The van der Waals surface area contributed by atoms with Crippen LogP contribution in [0.15, 0.2) is 22.7 Å². The van der Waals surface area contributed by atoms with Crippen molar-refractivity contribution in [1.82, 2.24) is 5.32 Å². The van der Waals surface area contributed by atoms with Crippen molar-refractivity contribution in [1.29, 1.82) is 0 Å². The smallest absolute Gasteiger partial charge is 0.407 e. The van der Waals surface area contributed by atoms with Crippen LogP contribution >= 0.6 is 15.9 Å². The Balaban J connectivity index is 2.76. The number of hydrogen-bond donors (Lipinski definition) is 2. The largest absolute Gasteiger partial charge is 0.478 e. The second-order valence-electron chi connectivity index (χ2n) is 4.93. The minimum atomic E-state index is -1.05. The van der Waals surface area contributed by atoms with Crippen LogP contribution in [-0.4, -0.2) is 22.8 Å². The summed E-state index contributed by atoms with van der Waals surface area (Å²) in [5, 5.41) is 11.7. The fraction of sp³-hybridized carbons (Fsp3) is 0.385. The van der Waals surface area contributed by atoms with Crippen LogP contribution in [-0.2, 0) is 11.3 Å². The maximum atomic E-state index is 11.5. The Morgan fingerprint density at radius 1 is 1.37 bits per heavy atom. The number of aromatic carboxylic acids is 1. The summed E-state index contributed by atoms with van der Waals surface area (Å²) >= 11 is 3.18. The molecule has 1 aromatic carbocycles. The van der Waals surface area contributed by atoms with E-state index in [-0.39, 0.29) is 12.1 Å². The Kier molecular flexibility index (Phi) is 4.94.